The summed E-state index contributed by atoms with van der Waals surface area (Å²) < 4.78 is 14.9. The molecular weight excluding hydrogens is 323 g/mol. The Bertz CT molecular complexity index is 865. The van der Waals surface area contributed by atoms with Crippen molar-refractivity contribution in [3.8, 4) is 0 Å². The Morgan fingerprint density at radius 3 is 2.72 bits per heavy atom. The third kappa shape index (κ3) is 4.27. The Hall–Kier alpha value is -3.06. The Balaban J connectivity index is 1.60. The van der Waals surface area contributed by atoms with Crippen LogP contribution in [0.4, 0.5) is 4.39 Å². The summed E-state index contributed by atoms with van der Waals surface area (Å²) in [5, 5.41) is 19.6. The van der Waals surface area contributed by atoms with Gasteiger partial charge in [0.25, 0.3) is 5.91 Å². The van der Waals surface area contributed by atoms with Crippen molar-refractivity contribution < 1.29 is 14.3 Å². The number of hydrogen-bond acceptors (Lipinski definition) is 4. The average molecular weight is 340 g/mol. The topological polar surface area (TPSA) is 80.0 Å². The lowest BCUT2D eigenvalue weighted by molar-refractivity contribution is 0.0946. The van der Waals surface area contributed by atoms with Crippen molar-refractivity contribution in [2.75, 3.05) is 0 Å². The van der Waals surface area contributed by atoms with Gasteiger partial charge in [0.2, 0.25) is 0 Å². The predicted octanol–water partition coefficient (Wildman–Crippen LogP) is 1.89. The van der Waals surface area contributed by atoms with Gasteiger partial charge >= 0.3 is 0 Å². The second-order valence-electron chi connectivity index (χ2n) is 5.55. The van der Waals surface area contributed by atoms with E-state index in [9.17, 15) is 9.18 Å². The SMILES string of the molecule is O=C(NCc1ccc(F)c(CO)c1)c1cn(Cc2ccccc2)nn1. The van der Waals surface area contributed by atoms with E-state index in [1.54, 1.807) is 16.9 Å². The zero-order valence-electron chi connectivity index (χ0n) is 13.4. The van der Waals surface area contributed by atoms with Gasteiger partial charge < -0.3 is 10.4 Å². The largest absolute Gasteiger partial charge is 0.392 e. The normalized spacial score (nSPS) is 10.6. The molecule has 0 saturated heterocycles. The van der Waals surface area contributed by atoms with Crippen LogP contribution in [0.1, 0.15) is 27.2 Å². The number of carbonyl (C=O) groups excluding carboxylic acids is 1. The standard InChI is InChI=1S/C18H17FN4O2/c19-16-7-6-14(8-15(16)12-24)9-20-18(25)17-11-23(22-21-17)10-13-4-2-1-3-5-13/h1-8,11,24H,9-10,12H2,(H,20,25). The minimum atomic E-state index is -0.471. The summed E-state index contributed by atoms with van der Waals surface area (Å²) in [4.78, 5) is 12.2. The molecule has 6 nitrogen and oxygen atoms in total. The quantitative estimate of drug-likeness (QED) is 0.718. The van der Waals surface area contributed by atoms with Crippen LogP contribution in [0.3, 0.4) is 0 Å². The van der Waals surface area contributed by atoms with Crippen molar-refractivity contribution in [1.29, 1.82) is 0 Å². The molecule has 3 aromatic rings. The van der Waals surface area contributed by atoms with Crippen molar-refractivity contribution >= 4 is 5.91 Å². The Morgan fingerprint density at radius 2 is 1.96 bits per heavy atom. The van der Waals surface area contributed by atoms with E-state index in [1.807, 2.05) is 30.3 Å². The second kappa shape index (κ2) is 7.67. The fraction of sp³-hybridized carbons (Fsp3) is 0.167. The molecule has 1 amide bonds. The number of aliphatic hydroxyl groups is 1. The van der Waals surface area contributed by atoms with Crippen LogP contribution in [-0.2, 0) is 19.7 Å². The molecule has 1 aromatic heterocycles. The van der Waals surface area contributed by atoms with Crippen LogP contribution < -0.4 is 5.32 Å². The number of nitrogens with zero attached hydrogens (tertiary/aromatic N) is 3. The van der Waals surface area contributed by atoms with Crippen LogP contribution >= 0.6 is 0 Å². The smallest absolute Gasteiger partial charge is 0.273 e. The maximum absolute atomic E-state index is 13.3. The molecule has 0 unspecified atom stereocenters. The zero-order valence-corrected chi connectivity index (χ0v) is 13.4. The average Bonchev–Trinajstić information content (AvgIpc) is 3.10. The number of rotatable bonds is 6. The van der Waals surface area contributed by atoms with Gasteiger partial charge in [0.15, 0.2) is 5.69 Å². The van der Waals surface area contributed by atoms with Gasteiger partial charge in [0.05, 0.1) is 19.3 Å². The molecule has 25 heavy (non-hydrogen) atoms. The van der Waals surface area contributed by atoms with Crippen LogP contribution in [0.5, 0.6) is 0 Å². The maximum atomic E-state index is 13.3. The molecule has 0 radical (unpaired) electrons. The van der Waals surface area contributed by atoms with Gasteiger partial charge in [-0.15, -0.1) is 5.10 Å². The molecule has 2 N–H and O–H groups in total. The molecular formula is C18H17FN4O2. The minimum absolute atomic E-state index is 0.195. The number of nitrogens with one attached hydrogen (secondary N) is 1. The molecule has 0 saturated carbocycles. The van der Waals surface area contributed by atoms with Gasteiger partial charge in [0.1, 0.15) is 5.82 Å². The Kier molecular flexibility index (Phi) is 5.15. The lowest BCUT2D eigenvalue weighted by atomic mass is 10.1. The van der Waals surface area contributed by atoms with Gasteiger partial charge in [-0.2, -0.15) is 0 Å². The van der Waals surface area contributed by atoms with Crippen molar-refractivity contribution in [3.63, 3.8) is 0 Å². The minimum Gasteiger partial charge on any atom is -0.392 e. The van der Waals surface area contributed by atoms with Gasteiger partial charge in [0, 0.05) is 12.1 Å². The highest BCUT2D eigenvalue weighted by Gasteiger charge is 2.11. The molecule has 7 heteroatoms. The summed E-state index contributed by atoms with van der Waals surface area (Å²) in [5.41, 5.74) is 2.15. The molecule has 0 fully saturated rings. The summed E-state index contributed by atoms with van der Waals surface area (Å²) >= 11 is 0. The molecule has 0 atom stereocenters. The first-order chi connectivity index (χ1) is 12.2. The lowest BCUT2D eigenvalue weighted by Crippen LogP contribution is -2.23. The van der Waals surface area contributed by atoms with E-state index in [-0.39, 0.29) is 30.3 Å². The van der Waals surface area contributed by atoms with E-state index in [4.69, 9.17) is 5.11 Å². The van der Waals surface area contributed by atoms with Crippen LogP contribution in [0.15, 0.2) is 54.7 Å². The fourth-order valence-electron chi connectivity index (χ4n) is 2.38. The summed E-state index contributed by atoms with van der Waals surface area (Å²) in [6.45, 7) is 0.345. The van der Waals surface area contributed by atoms with Crippen LogP contribution in [0.25, 0.3) is 0 Å². The number of amides is 1. The Morgan fingerprint density at radius 1 is 1.16 bits per heavy atom. The van der Waals surface area contributed by atoms with Gasteiger partial charge in [-0.05, 0) is 23.3 Å². The molecule has 0 bridgehead atoms. The molecule has 0 spiro atoms. The number of hydrogen-bond donors (Lipinski definition) is 2. The van der Waals surface area contributed by atoms with Gasteiger partial charge in [-0.25, -0.2) is 9.07 Å². The highest BCUT2D eigenvalue weighted by molar-refractivity contribution is 5.91. The van der Waals surface area contributed by atoms with Gasteiger partial charge in [-0.3, -0.25) is 4.79 Å². The number of benzene rings is 2. The van der Waals surface area contributed by atoms with E-state index < -0.39 is 5.82 Å². The molecule has 3 rings (SSSR count). The molecule has 0 aliphatic heterocycles. The monoisotopic (exact) mass is 340 g/mol. The number of aromatic nitrogens is 3. The van der Waals surface area contributed by atoms with Crippen LogP contribution in [0, 0.1) is 5.82 Å². The van der Waals surface area contributed by atoms with E-state index in [0.29, 0.717) is 12.1 Å². The molecule has 1 heterocycles. The van der Waals surface area contributed by atoms with Gasteiger partial charge in [-0.1, -0.05) is 41.6 Å². The third-order valence-electron chi connectivity index (χ3n) is 3.69. The summed E-state index contributed by atoms with van der Waals surface area (Å²) in [5.74, 6) is -0.837. The maximum Gasteiger partial charge on any atom is 0.273 e. The van der Waals surface area contributed by atoms with E-state index in [0.717, 1.165) is 5.56 Å². The van der Waals surface area contributed by atoms with Crippen molar-refractivity contribution in [3.05, 3.63) is 82.9 Å². The van der Waals surface area contributed by atoms with Crippen LogP contribution in [0.2, 0.25) is 0 Å². The summed E-state index contributed by atoms with van der Waals surface area (Å²) in [6.07, 6.45) is 1.58. The third-order valence-corrected chi connectivity index (χ3v) is 3.69. The van der Waals surface area contributed by atoms with Crippen LogP contribution in [-0.4, -0.2) is 26.0 Å². The summed E-state index contributed by atoms with van der Waals surface area (Å²) in [6, 6.07) is 14.1. The molecule has 0 aliphatic carbocycles. The van der Waals surface area contributed by atoms with E-state index in [1.165, 1.54) is 12.1 Å². The summed E-state index contributed by atoms with van der Waals surface area (Å²) in [7, 11) is 0. The number of carbonyl (C=O) groups is 1. The highest BCUT2D eigenvalue weighted by atomic mass is 19.1. The first-order valence-corrected chi connectivity index (χ1v) is 7.76. The van der Waals surface area contributed by atoms with Crippen molar-refractivity contribution in [2.45, 2.75) is 19.7 Å². The zero-order chi connectivity index (χ0) is 17.6. The fourth-order valence-corrected chi connectivity index (χ4v) is 2.38. The number of aliphatic hydroxyl groups excluding tert-OH is 1. The van der Waals surface area contributed by atoms with E-state index >= 15 is 0 Å². The first kappa shape index (κ1) is 16.8. The highest BCUT2D eigenvalue weighted by Crippen LogP contribution is 2.10. The second-order valence-corrected chi connectivity index (χ2v) is 5.55. The first-order valence-electron chi connectivity index (χ1n) is 7.76. The molecule has 0 aliphatic rings. The molecule has 128 valence electrons. The van der Waals surface area contributed by atoms with Crippen molar-refractivity contribution in [2.24, 2.45) is 0 Å². The number of halogens is 1. The predicted molar refractivity (Wildman–Crippen MR) is 89.1 cm³/mol. The Labute approximate surface area is 143 Å². The molecule has 2 aromatic carbocycles. The van der Waals surface area contributed by atoms with Crippen molar-refractivity contribution in [1.82, 2.24) is 20.3 Å². The van der Waals surface area contributed by atoms with E-state index in [2.05, 4.69) is 15.6 Å². The lowest BCUT2D eigenvalue weighted by Gasteiger charge is -2.06.